The molecule has 1 atom stereocenters. The monoisotopic (exact) mass is 215 g/mol. The van der Waals surface area contributed by atoms with Gasteiger partial charge in [0.25, 0.3) is 5.91 Å². The van der Waals surface area contributed by atoms with E-state index in [-0.39, 0.29) is 18.1 Å². The van der Waals surface area contributed by atoms with Gasteiger partial charge in [-0.25, -0.2) is 0 Å². The third-order valence-electron chi connectivity index (χ3n) is 2.15. The van der Waals surface area contributed by atoms with Gasteiger partial charge in [-0.2, -0.15) is 0 Å². The van der Waals surface area contributed by atoms with Crippen LogP contribution in [-0.2, 0) is 4.79 Å². The molecule has 1 N–H and O–H groups in total. The van der Waals surface area contributed by atoms with Crippen molar-refractivity contribution in [3.8, 4) is 12.3 Å². The van der Waals surface area contributed by atoms with Gasteiger partial charge in [0.15, 0.2) is 5.78 Å². The predicted molar refractivity (Wildman–Crippen MR) is 61.8 cm³/mol. The molecular weight excluding hydrogens is 202 g/mol. The number of benzene rings is 1. The summed E-state index contributed by atoms with van der Waals surface area (Å²) in [6.45, 7) is 1.41. The van der Waals surface area contributed by atoms with E-state index in [1.807, 2.05) is 6.07 Å². The zero-order chi connectivity index (χ0) is 12.0. The number of ketones is 1. The Morgan fingerprint density at radius 3 is 2.50 bits per heavy atom. The summed E-state index contributed by atoms with van der Waals surface area (Å²) in [6, 6.07) is 8.11. The largest absolute Gasteiger partial charge is 0.341 e. The van der Waals surface area contributed by atoms with Gasteiger partial charge in [-0.15, -0.1) is 12.3 Å². The van der Waals surface area contributed by atoms with Gasteiger partial charge >= 0.3 is 0 Å². The van der Waals surface area contributed by atoms with Crippen LogP contribution in [0.3, 0.4) is 0 Å². The van der Waals surface area contributed by atoms with Gasteiger partial charge in [0, 0.05) is 12.0 Å². The number of Topliss-reactive ketones (excluding diaryl/α,β-unsaturated/α-hetero) is 1. The third-order valence-corrected chi connectivity index (χ3v) is 2.15. The number of rotatable bonds is 4. The molecule has 0 saturated heterocycles. The maximum Gasteiger partial charge on any atom is 0.251 e. The summed E-state index contributed by atoms with van der Waals surface area (Å²) in [5.74, 6) is 1.95. The quantitative estimate of drug-likeness (QED) is 0.772. The highest BCUT2D eigenvalue weighted by Crippen LogP contribution is 2.00. The number of nitrogens with one attached hydrogen (secondary N) is 1. The van der Waals surface area contributed by atoms with Gasteiger partial charge in [0.05, 0.1) is 6.04 Å². The first-order chi connectivity index (χ1) is 7.65. The Morgan fingerprint density at radius 2 is 2.00 bits per heavy atom. The molecule has 0 aliphatic carbocycles. The van der Waals surface area contributed by atoms with E-state index in [0.29, 0.717) is 5.56 Å². The average molecular weight is 215 g/mol. The van der Waals surface area contributed by atoms with Crippen LogP contribution in [0.4, 0.5) is 0 Å². The lowest BCUT2D eigenvalue weighted by Gasteiger charge is -2.12. The van der Waals surface area contributed by atoms with Crippen LogP contribution in [0.15, 0.2) is 30.3 Å². The van der Waals surface area contributed by atoms with Gasteiger partial charge in [0.2, 0.25) is 0 Å². The Kier molecular flexibility index (Phi) is 4.28. The number of amides is 1. The van der Waals surface area contributed by atoms with Crippen molar-refractivity contribution in [3.63, 3.8) is 0 Å². The van der Waals surface area contributed by atoms with Gasteiger partial charge in [-0.05, 0) is 19.1 Å². The summed E-state index contributed by atoms with van der Waals surface area (Å²) in [6.07, 6.45) is 5.34. The molecule has 0 radical (unpaired) electrons. The molecule has 0 aliphatic heterocycles. The van der Waals surface area contributed by atoms with E-state index < -0.39 is 6.04 Å². The molecule has 0 saturated carbocycles. The normalized spacial score (nSPS) is 11.2. The van der Waals surface area contributed by atoms with Crippen LogP contribution in [0.1, 0.15) is 23.7 Å². The van der Waals surface area contributed by atoms with E-state index in [4.69, 9.17) is 6.42 Å². The first kappa shape index (κ1) is 12.0. The lowest BCUT2D eigenvalue weighted by molar-refractivity contribution is -0.118. The van der Waals surface area contributed by atoms with Crippen LogP contribution >= 0.6 is 0 Å². The summed E-state index contributed by atoms with van der Waals surface area (Å²) in [5.41, 5.74) is 0.519. The lowest BCUT2D eigenvalue weighted by Crippen LogP contribution is -2.39. The van der Waals surface area contributed by atoms with Crippen molar-refractivity contribution in [3.05, 3.63) is 35.9 Å². The van der Waals surface area contributed by atoms with Crippen molar-refractivity contribution in [1.29, 1.82) is 0 Å². The molecule has 1 rings (SSSR count). The Hall–Kier alpha value is -2.08. The minimum atomic E-state index is -0.599. The summed E-state index contributed by atoms with van der Waals surface area (Å²) < 4.78 is 0. The van der Waals surface area contributed by atoms with Crippen molar-refractivity contribution >= 4 is 11.7 Å². The van der Waals surface area contributed by atoms with Gasteiger partial charge in [0.1, 0.15) is 0 Å². The Balaban J connectivity index is 2.70. The van der Waals surface area contributed by atoms with Crippen LogP contribution < -0.4 is 5.32 Å². The van der Waals surface area contributed by atoms with E-state index in [2.05, 4.69) is 11.2 Å². The summed E-state index contributed by atoms with van der Waals surface area (Å²) in [7, 11) is 0. The highest BCUT2D eigenvalue weighted by Gasteiger charge is 2.16. The molecule has 0 spiro atoms. The van der Waals surface area contributed by atoms with Crippen LogP contribution in [0, 0.1) is 12.3 Å². The van der Waals surface area contributed by atoms with Crippen molar-refractivity contribution in [1.82, 2.24) is 5.32 Å². The molecule has 0 aromatic heterocycles. The highest BCUT2D eigenvalue weighted by molar-refractivity contribution is 5.97. The van der Waals surface area contributed by atoms with Gasteiger partial charge in [-0.3, -0.25) is 9.59 Å². The standard InChI is InChI=1S/C13H13NO2/c1-3-7-12(10(2)15)14-13(16)11-8-5-4-6-9-11/h1,4-6,8-9,12H,7H2,2H3,(H,14,16). The topological polar surface area (TPSA) is 46.2 Å². The molecular formula is C13H13NO2. The first-order valence-corrected chi connectivity index (χ1v) is 4.95. The highest BCUT2D eigenvalue weighted by atomic mass is 16.2. The van der Waals surface area contributed by atoms with Crippen molar-refractivity contribution in [2.75, 3.05) is 0 Å². The molecule has 0 aliphatic rings. The minimum Gasteiger partial charge on any atom is -0.341 e. The second-order valence-corrected chi connectivity index (χ2v) is 3.41. The molecule has 1 aromatic rings. The SMILES string of the molecule is C#CCC(NC(=O)c1ccccc1)C(C)=O. The van der Waals surface area contributed by atoms with E-state index in [1.54, 1.807) is 24.3 Å². The third kappa shape index (κ3) is 3.25. The zero-order valence-corrected chi connectivity index (χ0v) is 9.07. The van der Waals surface area contributed by atoms with Crippen LogP contribution in [0.5, 0.6) is 0 Å². The van der Waals surface area contributed by atoms with Crippen molar-refractivity contribution < 1.29 is 9.59 Å². The van der Waals surface area contributed by atoms with Crippen LogP contribution in [0.2, 0.25) is 0 Å². The van der Waals surface area contributed by atoms with E-state index in [9.17, 15) is 9.59 Å². The number of hydrogen-bond donors (Lipinski definition) is 1. The number of carbonyl (C=O) groups excluding carboxylic acids is 2. The molecule has 0 fully saturated rings. The lowest BCUT2D eigenvalue weighted by atomic mass is 10.1. The molecule has 82 valence electrons. The molecule has 1 aromatic carbocycles. The second-order valence-electron chi connectivity index (χ2n) is 3.41. The van der Waals surface area contributed by atoms with Crippen LogP contribution in [0.25, 0.3) is 0 Å². The van der Waals surface area contributed by atoms with Gasteiger partial charge in [-0.1, -0.05) is 18.2 Å². The summed E-state index contributed by atoms with van der Waals surface area (Å²) in [4.78, 5) is 22.9. The van der Waals surface area contributed by atoms with E-state index in [1.165, 1.54) is 6.92 Å². The van der Waals surface area contributed by atoms with E-state index >= 15 is 0 Å². The minimum absolute atomic E-state index is 0.137. The van der Waals surface area contributed by atoms with E-state index in [0.717, 1.165) is 0 Å². The summed E-state index contributed by atoms with van der Waals surface area (Å²) in [5, 5.41) is 2.60. The maximum absolute atomic E-state index is 11.7. The van der Waals surface area contributed by atoms with Gasteiger partial charge < -0.3 is 5.32 Å². The van der Waals surface area contributed by atoms with Crippen molar-refractivity contribution in [2.24, 2.45) is 0 Å². The number of carbonyl (C=O) groups is 2. The molecule has 0 heterocycles. The molecule has 1 unspecified atom stereocenters. The number of terminal acetylenes is 1. The average Bonchev–Trinajstić information content (AvgIpc) is 2.29. The smallest absolute Gasteiger partial charge is 0.251 e. The fourth-order valence-electron chi connectivity index (χ4n) is 1.25. The first-order valence-electron chi connectivity index (χ1n) is 4.95. The maximum atomic E-state index is 11.7. The Bertz CT molecular complexity index is 417. The predicted octanol–water partition coefficient (Wildman–Crippen LogP) is 1.40. The number of hydrogen-bond acceptors (Lipinski definition) is 2. The molecule has 0 bridgehead atoms. The molecule has 3 nitrogen and oxygen atoms in total. The Morgan fingerprint density at radius 1 is 1.38 bits per heavy atom. The fraction of sp³-hybridized carbons (Fsp3) is 0.231. The summed E-state index contributed by atoms with van der Waals surface area (Å²) >= 11 is 0. The second kappa shape index (κ2) is 5.72. The molecule has 3 heteroatoms. The molecule has 16 heavy (non-hydrogen) atoms. The molecule has 1 amide bonds. The Labute approximate surface area is 94.9 Å². The zero-order valence-electron chi connectivity index (χ0n) is 9.07. The fourth-order valence-corrected chi connectivity index (χ4v) is 1.25. The van der Waals surface area contributed by atoms with Crippen LogP contribution in [-0.4, -0.2) is 17.7 Å². The van der Waals surface area contributed by atoms with Crippen molar-refractivity contribution in [2.45, 2.75) is 19.4 Å².